The number of aromatic amines is 1. The Labute approximate surface area is 146 Å². The Bertz CT molecular complexity index is 714. The summed E-state index contributed by atoms with van der Waals surface area (Å²) in [5.74, 6) is 1.82. The minimum atomic E-state index is -0.475. The zero-order valence-electron chi connectivity index (χ0n) is 14.0. The van der Waals surface area contributed by atoms with Crippen LogP contribution in [0.5, 0.6) is 0 Å². The largest absolute Gasteiger partial charge is 0.350 e. The van der Waals surface area contributed by atoms with Crippen LogP contribution in [0.1, 0.15) is 35.6 Å². The number of H-pyrrole nitrogens is 1. The number of hydrogen-bond donors (Lipinski definition) is 2. The minimum Gasteiger partial charge on any atom is -0.350 e. The first-order valence-corrected chi connectivity index (χ1v) is 9.20. The van der Waals surface area contributed by atoms with Crippen LogP contribution in [0.25, 0.3) is 0 Å². The molecule has 1 aromatic heterocycles. The van der Waals surface area contributed by atoms with Gasteiger partial charge in [0.05, 0.1) is 0 Å². The number of nitrogens with one attached hydrogen (secondary N) is 2. The monoisotopic (exact) mass is 345 g/mol. The number of hydrogen-bond acceptors (Lipinski definition) is 4. The Balaban J connectivity index is 1.80. The molecule has 24 heavy (non-hydrogen) atoms. The van der Waals surface area contributed by atoms with Gasteiger partial charge in [0.25, 0.3) is 5.91 Å². The number of rotatable bonds is 8. The van der Waals surface area contributed by atoms with Crippen molar-refractivity contribution in [1.82, 2.24) is 15.3 Å². The molecule has 0 saturated carbocycles. The molecule has 0 aliphatic heterocycles. The number of amides is 1. The van der Waals surface area contributed by atoms with Crippen LogP contribution >= 0.6 is 11.8 Å². The smallest absolute Gasteiger partial charge is 0.345 e. The van der Waals surface area contributed by atoms with Crippen LogP contribution in [0.3, 0.4) is 0 Å². The molecule has 0 saturated heterocycles. The van der Waals surface area contributed by atoms with E-state index in [9.17, 15) is 9.59 Å². The van der Waals surface area contributed by atoms with Gasteiger partial charge in [0.1, 0.15) is 5.69 Å². The van der Waals surface area contributed by atoms with Gasteiger partial charge in [0.2, 0.25) is 0 Å². The maximum atomic E-state index is 12.1. The molecule has 0 atom stereocenters. The third kappa shape index (κ3) is 6.20. The van der Waals surface area contributed by atoms with Crippen molar-refractivity contribution in [3.05, 3.63) is 63.8 Å². The summed E-state index contributed by atoms with van der Waals surface area (Å²) in [6.45, 7) is 4.66. The van der Waals surface area contributed by atoms with Gasteiger partial charge in [-0.1, -0.05) is 44.2 Å². The van der Waals surface area contributed by atoms with Crippen molar-refractivity contribution in [2.45, 2.75) is 26.0 Å². The van der Waals surface area contributed by atoms with E-state index in [-0.39, 0.29) is 11.6 Å². The van der Waals surface area contributed by atoms with Crippen molar-refractivity contribution in [3.8, 4) is 0 Å². The van der Waals surface area contributed by atoms with Crippen LogP contribution in [0.4, 0.5) is 0 Å². The summed E-state index contributed by atoms with van der Waals surface area (Å²) in [7, 11) is 0. The van der Waals surface area contributed by atoms with E-state index in [1.54, 1.807) is 17.8 Å². The summed E-state index contributed by atoms with van der Waals surface area (Å²) in [4.78, 5) is 30.1. The predicted molar refractivity (Wildman–Crippen MR) is 98.3 cm³/mol. The lowest BCUT2D eigenvalue weighted by atomic mass is 10.1. The molecule has 0 unspecified atom stereocenters. The third-order valence-electron chi connectivity index (χ3n) is 3.30. The molecule has 2 rings (SSSR count). The lowest BCUT2D eigenvalue weighted by molar-refractivity contribution is 0.0950. The minimum absolute atomic E-state index is 0.183. The average molecular weight is 345 g/mol. The third-order valence-corrected chi connectivity index (χ3v) is 4.34. The normalized spacial score (nSPS) is 10.8. The number of carbonyl (C=O) groups is 1. The van der Waals surface area contributed by atoms with Gasteiger partial charge in [0, 0.05) is 23.7 Å². The Hall–Kier alpha value is -2.08. The Morgan fingerprint density at radius 2 is 2.04 bits per heavy atom. The van der Waals surface area contributed by atoms with Gasteiger partial charge < -0.3 is 10.3 Å². The molecule has 5 nitrogen and oxygen atoms in total. The molecule has 0 fully saturated rings. The molecule has 2 aromatic rings. The fourth-order valence-electron chi connectivity index (χ4n) is 2.27. The van der Waals surface area contributed by atoms with E-state index < -0.39 is 5.69 Å². The van der Waals surface area contributed by atoms with E-state index in [2.05, 4.69) is 41.3 Å². The van der Waals surface area contributed by atoms with Crippen molar-refractivity contribution < 1.29 is 4.79 Å². The molecule has 128 valence electrons. The van der Waals surface area contributed by atoms with Gasteiger partial charge in [-0.25, -0.2) is 4.79 Å². The molecule has 6 heteroatoms. The highest BCUT2D eigenvalue weighted by Crippen LogP contribution is 2.10. The summed E-state index contributed by atoms with van der Waals surface area (Å²) in [5.41, 5.74) is 1.72. The first-order valence-electron chi connectivity index (χ1n) is 8.04. The molecule has 0 bridgehead atoms. The summed E-state index contributed by atoms with van der Waals surface area (Å²) in [6, 6.07) is 11.9. The van der Waals surface area contributed by atoms with Crippen molar-refractivity contribution in [2.24, 2.45) is 5.92 Å². The number of thioether (sulfide) groups is 1. The van der Waals surface area contributed by atoms with Gasteiger partial charge in [0.15, 0.2) is 0 Å². The van der Waals surface area contributed by atoms with E-state index >= 15 is 0 Å². The molecule has 2 N–H and O–H groups in total. The fraction of sp³-hybridized carbons (Fsp3) is 0.389. The topological polar surface area (TPSA) is 74.8 Å². The Morgan fingerprint density at radius 3 is 2.75 bits per heavy atom. The van der Waals surface area contributed by atoms with Crippen LogP contribution < -0.4 is 11.0 Å². The molecule has 0 aliphatic carbocycles. The lowest BCUT2D eigenvalue weighted by Gasteiger charge is -2.07. The predicted octanol–water partition coefficient (Wildman–Crippen LogP) is 2.63. The Morgan fingerprint density at radius 1 is 1.29 bits per heavy atom. The Kier molecular flexibility index (Phi) is 7.06. The standard InChI is InChI=1S/C18H23N3O2S/c1-13(2)10-15-11-16(21-18(23)20-15)17(22)19-8-9-24-12-14-6-4-3-5-7-14/h3-7,11,13H,8-10,12H2,1-2H3,(H,19,22)(H,20,21,23). The second-order valence-electron chi connectivity index (χ2n) is 5.99. The molecule has 1 heterocycles. The second kappa shape index (κ2) is 9.27. The molecule has 0 radical (unpaired) electrons. The maximum absolute atomic E-state index is 12.1. The molecule has 1 amide bonds. The maximum Gasteiger partial charge on any atom is 0.345 e. The summed E-state index contributed by atoms with van der Waals surface area (Å²) >= 11 is 1.76. The van der Waals surface area contributed by atoms with E-state index in [1.807, 2.05) is 18.2 Å². The van der Waals surface area contributed by atoms with E-state index in [0.29, 0.717) is 18.9 Å². The molecular weight excluding hydrogens is 322 g/mol. The van der Waals surface area contributed by atoms with E-state index in [0.717, 1.165) is 17.2 Å². The summed E-state index contributed by atoms with van der Waals surface area (Å²) in [6.07, 6.45) is 0.713. The molecular formula is C18H23N3O2S. The number of carbonyl (C=O) groups excluding carboxylic acids is 1. The lowest BCUT2D eigenvalue weighted by Crippen LogP contribution is -2.29. The van der Waals surface area contributed by atoms with Crippen LogP contribution in [0, 0.1) is 5.92 Å². The SMILES string of the molecule is CC(C)Cc1cc(C(=O)NCCSCc2ccccc2)nc(=O)[nH]1. The summed E-state index contributed by atoms with van der Waals surface area (Å²) < 4.78 is 0. The number of benzene rings is 1. The summed E-state index contributed by atoms with van der Waals surface area (Å²) in [5, 5.41) is 2.82. The van der Waals surface area contributed by atoms with Gasteiger partial charge in [-0.05, 0) is 24.0 Å². The highest BCUT2D eigenvalue weighted by molar-refractivity contribution is 7.98. The van der Waals surface area contributed by atoms with Gasteiger partial charge >= 0.3 is 5.69 Å². The van der Waals surface area contributed by atoms with Crippen LogP contribution in [0.2, 0.25) is 0 Å². The first-order chi connectivity index (χ1) is 11.5. The molecule has 0 spiro atoms. The van der Waals surface area contributed by atoms with Gasteiger partial charge in [-0.3, -0.25) is 4.79 Å². The first kappa shape index (κ1) is 18.3. The highest BCUT2D eigenvalue weighted by Gasteiger charge is 2.10. The van der Waals surface area contributed by atoms with Crippen molar-refractivity contribution >= 4 is 17.7 Å². The van der Waals surface area contributed by atoms with Gasteiger partial charge in [-0.2, -0.15) is 16.7 Å². The van der Waals surface area contributed by atoms with Crippen molar-refractivity contribution in [3.63, 3.8) is 0 Å². The zero-order valence-corrected chi connectivity index (χ0v) is 14.9. The van der Waals surface area contributed by atoms with Crippen LogP contribution in [-0.2, 0) is 12.2 Å². The van der Waals surface area contributed by atoms with Crippen LogP contribution in [-0.4, -0.2) is 28.2 Å². The van der Waals surface area contributed by atoms with E-state index in [1.165, 1.54) is 5.56 Å². The van der Waals surface area contributed by atoms with Gasteiger partial charge in [-0.15, -0.1) is 0 Å². The van der Waals surface area contributed by atoms with E-state index in [4.69, 9.17) is 0 Å². The average Bonchev–Trinajstić information content (AvgIpc) is 2.54. The zero-order chi connectivity index (χ0) is 17.4. The number of nitrogens with zero attached hydrogens (tertiary/aromatic N) is 1. The molecule has 1 aromatic carbocycles. The quantitative estimate of drug-likeness (QED) is 0.721. The van der Waals surface area contributed by atoms with Crippen molar-refractivity contribution in [2.75, 3.05) is 12.3 Å². The molecule has 0 aliphatic rings. The van der Waals surface area contributed by atoms with Crippen LogP contribution in [0.15, 0.2) is 41.2 Å². The second-order valence-corrected chi connectivity index (χ2v) is 7.09. The fourth-order valence-corrected chi connectivity index (χ4v) is 3.08. The number of aromatic nitrogens is 2. The van der Waals surface area contributed by atoms with Crippen molar-refractivity contribution in [1.29, 1.82) is 0 Å². The highest BCUT2D eigenvalue weighted by atomic mass is 32.2.